The van der Waals surface area contributed by atoms with Crippen molar-refractivity contribution in [3.8, 4) is 0 Å². The van der Waals surface area contributed by atoms with E-state index in [0.717, 1.165) is 15.8 Å². The maximum atomic E-state index is 12.6. The van der Waals surface area contributed by atoms with E-state index in [4.69, 9.17) is 16.3 Å². The fourth-order valence-electron chi connectivity index (χ4n) is 2.58. The minimum absolute atomic E-state index is 0.0185. The Morgan fingerprint density at radius 1 is 1.23 bits per heavy atom. The summed E-state index contributed by atoms with van der Waals surface area (Å²) in [6.07, 6.45) is 0. The van der Waals surface area contributed by atoms with Crippen molar-refractivity contribution in [2.75, 3.05) is 6.61 Å². The Balaban J connectivity index is 2.13. The van der Waals surface area contributed by atoms with Crippen LogP contribution < -0.4 is 4.80 Å². The third-order valence-corrected chi connectivity index (χ3v) is 5.09. The number of aromatic nitrogens is 1. The van der Waals surface area contributed by atoms with Gasteiger partial charge < -0.3 is 9.30 Å². The summed E-state index contributed by atoms with van der Waals surface area (Å²) in [4.78, 5) is 29.3. The molecule has 0 saturated heterocycles. The Kier molecular flexibility index (Phi) is 5.54. The predicted molar refractivity (Wildman–Crippen MR) is 103 cm³/mol. The molecule has 26 heavy (non-hydrogen) atoms. The van der Waals surface area contributed by atoms with E-state index >= 15 is 0 Å². The number of esters is 1. The van der Waals surface area contributed by atoms with Crippen molar-refractivity contribution in [2.45, 2.75) is 20.4 Å². The van der Waals surface area contributed by atoms with Crippen molar-refractivity contribution in [3.63, 3.8) is 0 Å². The number of fused-ring (bicyclic) bond motifs is 1. The first-order chi connectivity index (χ1) is 12.5. The van der Waals surface area contributed by atoms with Crippen molar-refractivity contribution in [1.29, 1.82) is 0 Å². The normalized spacial score (nSPS) is 11.7. The topological polar surface area (TPSA) is 60.7 Å². The second-order valence-electron chi connectivity index (χ2n) is 5.62. The molecule has 0 saturated carbocycles. The molecule has 2 aromatic carbocycles. The zero-order chi connectivity index (χ0) is 18.7. The molecule has 0 bridgehead atoms. The quantitative estimate of drug-likeness (QED) is 0.635. The number of hydrogen-bond donors (Lipinski definition) is 0. The van der Waals surface area contributed by atoms with Gasteiger partial charge >= 0.3 is 5.97 Å². The van der Waals surface area contributed by atoms with Gasteiger partial charge in [0.05, 0.1) is 16.8 Å². The lowest BCUT2D eigenvalue weighted by Gasteiger charge is -2.05. The molecule has 0 atom stereocenters. The molecular formula is C19H17ClN2O3S. The van der Waals surface area contributed by atoms with Gasteiger partial charge in [-0.2, -0.15) is 4.99 Å². The standard InChI is InChI=1S/C19H17ClN2O3S/c1-3-25-17(23)11-22-15-9-8-13(20)10-16(15)26-19(22)21-18(24)14-7-5-4-6-12(14)2/h4-10H,3,11H2,1-2H3. The molecule has 0 aliphatic carbocycles. The van der Waals surface area contributed by atoms with E-state index in [1.807, 2.05) is 25.1 Å². The monoisotopic (exact) mass is 388 g/mol. The maximum absolute atomic E-state index is 12.6. The molecule has 1 aromatic heterocycles. The zero-order valence-electron chi connectivity index (χ0n) is 14.4. The molecular weight excluding hydrogens is 372 g/mol. The van der Waals surface area contributed by atoms with Gasteiger partial charge in [-0.25, -0.2) is 0 Å². The van der Waals surface area contributed by atoms with Crippen LogP contribution in [-0.4, -0.2) is 23.1 Å². The van der Waals surface area contributed by atoms with E-state index in [1.165, 1.54) is 11.3 Å². The van der Waals surface area contributed by atoms with Gasteiger partial charge in [0.15, 0.2) is 4.80 Å². The van der Waals surface area contributed by atoms with E-state index in [2.05, 4.69) is 4.99 Å². The van der Waals surface area contributed by atoms with Gasteiger partial charge in [-0.3, -0.25) is 9.59 Å². The molecule has 0 spiro atoms. The number of amides is 1. The third-order valence-electron chi connectivity index (χ3n) is 3.81. The number of hydrogen-bond acceptors (Lipinski definition) is 4. The SMILES string of the molecule is CCOC(=O)Cn1c(=NC(=O)c2ccccc2C)sc2cc(Cl)ccc21. The van der Waals surface area contributed by atoms with Crippen molar-refractivity contribution in [2.24, 2.45) is 4.99 Å². The highest BCUT2D eigenvalue weighted by Crippen LogP contribution is 2.22. The van der Waals surface area contributed by atoms with Gasteiger partial charge in [0.1, 0.15) is 6.54 Å². The van der Waals surface area contributed by atoms with Crippen LogP contribution in [-0.2, 0) is 16.1 Å². The molecule has 1 heterocycles. The van der Waals surface area contributed by atoms with E-state index in [1.54, 1.807) is 35.8 Å². The van der Waals surface area contributed by atoms with Crippen molar-refractivity contribution >= 4 is 45.0 Å². The van der Waals surface area contributed by atoms with Gasteiger partial charge in [-0.05, 0) is 43.7 Å². The van der Waals surface area contributed by atoms with Crippen LogP contribution in [0.15, 0.2) is 47.5 Å². The molecule has 0 radical (unpaired) electrons. The smallest absolute Gasteiger partial charge is 0.326 e. The zero-order valence-corrected chi connectivity index (χ0v) is 15.9. The molecule has 0 aliphatic heterocycles. The maximum Gasteiger partial charge on any atom is 0.326 e. The number of benzene rings is 2. The summed E-state index contributed by atoms with van der Waals surface area (Å²) in [6, 6.07) is 12.6. The summed E-state index contributed by atoms with van der Waals surface area (Å²) < 4.78 is 7.57. The molecule has 0 fully saturated rings. The number of carbonyl (C=O) groups is 2. The minimum Gasteiger partial charge on any atom is -0.465 e. The van der Waals surface area contributed by atoms with Crippen LogP contribution in [0.2, 0.25) is 5.02 Å². The highest BCUT2D eigenvalue weighted by Gasteiger charge is 2.14. The summed E-state index contributed by atoms with van der Waals surface area (Å²) in [5.74, 6) is -0.731. The van der Waals surface area contributed by atoms with E-state index in [0.29, 0.717) is 22.0 Å². The third kappa shape index (κ3) is 3.86. The Hall–Kier alpha value is -2.44. The molecule has 5 nitrogen and oxygen atoms in total. The lowest BCUT2D eigenvalue weighted by molar-refractivity contribution is -0.143. The number of thiazole rings is 1. The van der Waals surface area contributed by atoms with Crippen LogP contribution in [0, 0.1) is 6.92 Å². The summed E-state index contributed by atoms with van der Waals surface area (Å²) in [5, 5.41) is 0.582. The average Bonchev–Trinajstić information content (AvgIpc) is 2.91. The lowest BCUT2D eigenvalue weighted by Crippen LogP contribution is -2.23. The van der Waals surface area contributed by atoms with Gasteiger partial charge in [-0.15, -0.1) is 0 Å². The number of halogens is 1. The van der Waals surface area contributed by atoms with Gasteiger partial charge in [0.25, 0.3) is 5.91 Å². The van der Waals surface area contributed by atoms with Crippen LogP contribution in [0.3, 0.4) is 0 Å². The average molecular weight is 389 g/mol. The van der Waals surface area contributed by atoms with E-state index < -0.39 is 0 Å². The Bertz CT molecular complexity index is 1050. The van der Waals surface area contributed by atoms with Crippen LogP contribution in [0.1, 0.15) is 22.8 Å². The van der Waals surface area contributed by atoms with Crippen molar-refractivity contribution in [3.05, 3.63) is 63.4 Å². The van der Waals surface area contributed by atoms with E-state index in [9.17, 15) is 9.59 Å². The lowest BCUT2D eigenvalue weighted by atomic mass is 10.1. The number of carbonyl (C=O) groups excluding carboxylic acids is 2. The Morgan fingerprint density at radius 2 is 2.00 bits per heavy atom. The van der Waals surface area contributed by atoms with Crippen molar-refractivity contribution in [1.82, 2.24) is 4.57 Å². The number of aryl methyl sites for hydroxylation is 1. The first kappa shape index (κ1) is 18.4. The second-order valence-corrected chi connectivity index (χ2v) is 7.07. The first-order valence-corrected chi connectivity index (χ1v) is 9.28. The largest absolute Gasteiger partial charge is 0.465 e. The minimum atomic E-state index is -0.382. The number of rotatable bonds is 4. The van der Waals surface area contributed by atoms with Gasteiger partial charge in [-0.1, -0.05) is 41.1 Å². The first-order valence-electron chi connectivity index (χ1n) is 8.08. The second kappa shape index (κ2) is 7.85. The van der Waals surface area contributed by atoms with Crippen LogP contribution in [0.5, 0.6) is 0 Å². The molecule has 0 aliphatic rings. The fourth-order valence-corrected chi connectivity index (χ4v) is 3.88. The van der Waals surface area contributed by atoms with Crippen LogP contribution in [0.4, 0.5) is 0 Å². The highest BCUT2D eigenvalue weighted by atomic mass is 35.5. The summed E-state index contributed by atoms with van der Waals surface area (Å²) in [6.45, 7) is 3.89. The summed E-state index contributed by atoms with van der Waals surface area (Å²) in [5.41, 5.74) is 2.16. The molecule has 3 rings (SSSR count). The van der Waals surface area contributed by atoms with Crippen LogP contribution in [0.25, 0.3) is 10.2 Å². The molecule has 0 unspecified atom stereocenters. The predicted octanol–water partition coefficient (Wildman–Crippen LogP) is 3.97. The summed E-state index contributed by atoms with van der Waals surface area (Å²) in [7, 11) is 0. The number of ether oxygens (including phenoxy) is 1. The number of nitrogens with zero attached hydrogens (tertiary/aromatic N) is 2. The fraction of sp³-hybridized carbons (Fsp3) is 0.211. The van der Waals surface area contributed by atoms with E-state index in [-0.39, 0.29) is 18.4 Å². The Morgan fingerprint density at radius 3 is 2.73 bits per heavy atom. The van der Waals surface area contributed by atoms with Gasteiger partial charge in [0, 0.05) is 10.6 Å². The van der Waals surface area contributed by atoms with Crippen molar-refractivity contribution < 1.29 is 14.3 Å². The molecule has 0 N–H and O–H groups in total. The highest BCUT2D eigenvalue weighted by molar-refractivity contribution is 7.16. The molecule has 1 amide bonds. The van der Waals surface area contributed by atoms with Gasteiger partial charge in [0.2, 0.25) is 0 Å². The van der Waals surface area contributed by atoms with Crippen LogP contribution >= 0.6 is 22.9 Å². The summed E-state index contributed by atoms with van der Waals surface area (Å²) >= 11 is 7.38. The molecule has 7 heteroatoms. The molecule has 3 aromatic rings. The Labute approximate surface area is 159 Å². The molecule has 134 valence electrons.